The summed E-state index contributed by atoms with van der Waals surface area (Å²) >= 11 is 1.70. The number of thiophene rings is 1. The van der Waals surface area contributed by atoms with E-state index in [0.29, 0.717) is 6.54 Å². The van der Waals surface area contributed by atoms with Crippen LogP contribution in [0.15, 0.2) is 47.2 Å². The van der Waals surface area contributed by atoms with E-state index < -0.39 is 0 Å². The van der Waals surface area contributed by atoms with Crippen molar-refractivity contribution in [2.24, 2.45) is 5.73 Å². The van der Waals surface area contributed by atoms with Gasteiger partial charge in [-0.05, 0) is 34.5 Å². The molecule has 0 aliphatic carbocycles. The third-order valence-electron chi connectivity index (χ3n) is 2.30. The molecule has 0 bridgehead atoms. The Balaban J connectivity index is 2.10. The van der Waals surface area contributed by atoms with Gasteiger partial charge in [-0.1, -0.05) is 18.2 Å². The number of nitrogens with two attached hydrogens (primary N) is 1. The van der Waals surface area contributed by atoms with Crippen LogP contribution in [0.5, 0.6) is 0 Å². The van der Waals surface area contributed by atoms with E-state index in [1.807, 2.05) is 18.2 Å². The van der Waals surface area contributed by atoms with Crippen LogP contribution >= 0.6 is 11.3 Å². The highest BCUT2D eigenvalue weighted by molar-refractivity contribution is 7.08. The third kappa shape index (κ3) is 2.58. The largest absolute Gasteiger partial charge is 0.377 e. The van der Waals surface area contributed by atoms with Crippen LogP contribution in [-0.2, 0) is 0 Å². The van der Waals surface area contributed by atoms with Gasteiger partial charge in [0.25, 0.3) is 0 Å². The van der Waals surface area contributed by atoms with E-state index in [1.165, 1.54) is 5.56 Å². The molecule has 0 aliphatic heterocycles. The summed E-state index contributed by atoms with van der Waals surface area (Å²) in [5.41, 5.74) is 8.12. The van der Waals surface area contributed by atoms with Crippen LogP contribution in [0.4, 0.5) is 5.69 Å². The van der Waals surface area contributed by atoms with Gasteiger partial charge >= 0.3 is 0 Å². The van der Waals surface area contributed by atoms with Crippen LogP contribution in [0.3, 0.4) is 0 Å². The molecule has 0 spiro atoms. The molecule has 1 atom stereocenters. The summed E-state index contributed by atoms with van der Waals surface area (Å²) in [6.45, 7) is 0.603. The standard InChI is InChI=1S/C12H14N2S/c13-8-12(10-6-7-15-9-10)14-11-4-2-1-3-5-11/h1-7,9,12,14H,8,13H2. The Bertz CT molecular complexity index is 383. The lowest BCUT2D eigenvalue weighted by atomic mass is 10.1. The molecule has 0 saturated carbocycles. The summed E-state index contributed by atoms with van der Waals surface area (Å²) in [6.07, 6.45) is 0. The Kier molecular flexibility index (Phi) is 3.37. The number of anilines is 1. The molecule has 3 N–H and O–H groups in total. The van der Waals surface area contributed by atoms with Gasteiger partial charge in [0, 0.05) is 12.2 Å². The molecule has 1 aromatic heterocycles. The van der Waals surface area contributed by atoms with E-state index in [1.54, 1.807) is 11.3 Å². The molecule has 2 nitrogen and oxygen atoms in total. The minimum Gasteiger partial charge on any atom is -0.377 e. The van der Waals surface area contributed by atoms with Crippen molar-refractivity contribution >= 4 is 17.0 Å². The van der Waals surface area contributed by atoms with E-state index >= 15 is 0 Å². The summed E-state index contributed by atoms with van der Waals surface area (Å²) < 4.78 is 0. The van der Waals surface area contributed by atoms with Crippen molar-refractivity contribution in [1.82, 2.24) is 0 Å². The van der Waals surface area contributed by atoms with Crippen LogP contribution in [0.1, 0.15) is 11.6 Å². The highest BCUT2D eigenvalue weighted by atomic mass is 32.1. The molecule has 78 valence electrons. The van der Waals surface area contributed by atoms with Crippen molar-refractivity contribution in [3.63, 3.8) is 0 Å². The predicted molar refractivity (Wildman–Crippen MR) is 66.2 cm³/mol. The number of hydrogen-bond donors (Lipinski definition) is 2. The summed E-state index contributed by atoms with van der Waals surface area (Å²) in [7, 11) is 0. The zero-order valence-electron chi connectivity index (χ0n) is 8.39. The molecule has 1 heterocycles. The van der Waals surface area contributed by atoms with Crippen LogP contribution < -0.4 is 11.1 Å². The Labute approximate surface area is 93.7 Å². The Morgan fingerprint density at radius 3 is 2.60 bits per heavy atom. The highest BCUT2D eigenvalue weighted by Crippen LogP contribution is 2.20. The van der Waals surface area contributed by atoms with Gasteiger partial charge in [-0.2, -0.15) is 11.3 Å². The fourth-order valence-corrected chi connectivity index (χ4v) is 2.20. The van der Waals surface area contributed by atoms with Gasteiger partial charge in [-0.25, -0.2) is 0 Å². The number of nitrogens with one attached hydrogen (secondary N) is 1. The zero-order chi connectivity index (χ0) is 10.5. The fourth-order valence-electron chi connectivity index (χ4n) is 1.49. The minimum atomic E-state index is 0.207. The SMILES string of the molecule is NCC(Nc1ccccc1)c1ccsc1. The van der Waals surface area contributed by atoms with E-state index in [0.717, 1.165) is 5.69 Å². The van der Waals surface area contributed by atoms with Gasteiger partial charge in [-0.15, -0.1) is 0 Å². The summed E-state index contributed by atoms with van der Waals surface area (Å²) in [6, 6.07) is 12.5. The molecule has 1 aromatic carbocycles. The van der Waals surface area contributed by atoms with Gasteiger partial charge in [-0.3, -0.25) is 0 Å². The van der Waals surface area contributed by atoms with Crippen LogP contribution in [0.2, 0.25) is 0 Å². The maximum absolute atomic E-state index is 5.75. The molecular weight excluding hydrogens is 204 g/mol. The lowest BCUT2D eigenvalue weighted by Gasteiger charge is -2.16. The highest BCUT2D eigenvalue weighted by Gasteiger charge is 2.08. The molecule has 0 saturated heterocycles. The number of hydrogen-bond acceptors (Lipinski definition) is 3. The predicted octanol–water partition coefficient (Wildman–Crippen LogP) is 2.86. The van der Waals surface area contributed by atoms with Crippen LogP contribution in [0, 0.1) is 0 Å². The van der Waals surface area contributed by atoms with Crippen molar-refractivity contribution in [3.05, 3.63) is 52.7 Å². The topological polar surface area (TPSA) is 38.0 Å². The van der Waals surface area contributed by atoms with Crippen molar-refractivity contribution in [3.8, 4) is 0 Å². The second-order valence-corrected chi connectivity index (χ2v) is 4.14. The van der Waals surface area contributed by atoms with Crippen molar-refractivity contribution < 1.29 is 0 Å². The van der Waals surface area contributed by atoms with E-state index in [-0.39, 0.29) is 6.04 Å². The molecule has 0 radical (unpaired) electrons. The first-order chi connectivity index (χ1) is 7.40. The molecular formula is C12H14N2S. The van der Waals surface area contributed by atoms with Crippen molar-refractivity contribution in [1.29, 1.82) is 0 Å². The first kappa shape index (κ1) is 10.2. The Morgan fingerprint density at radius 2 is 2.00 bits per heavy atom. The second kappa shape index (κ2) is 4.96. The van der Waals surface area contributed by atoms with Gasteiger partial charge in [0.05, 0.1) is 6.04 Å². The summed E-state index contributed by atoms with van der Waals surface area (Å²) in [5, 5.41) is 7.62. The van der Waals surface area contributed by atoms with Gasteiger partial charge in [0.2, 0.25) is 0 Å². The Hall–Kier alpha value is -1.32. The number of para-hydroxylation sites is 1. The van der Waals surface area contributed by atoms with E-state index in [9.17, 15) is 0 Å². The molecule has 0 amide bonds. The van der Waals surface area contributed by atoms with Crippen molar-refractivity contribution in [2.45, 2.75) is 6.04 Å². The first-order valence-electron chi connectivity index (χ1n) is 4.94. The van der Waals surface area contributed by atoms with Crippen molar-refractivity contribution in [2.75, 3.05) is 11.9 Å². The summed E-state index contributed by atoms with van der Waals surface area (Å²) in [5.74, 6) is 0. The smallest absolute Gasteiger partial charge is 0.0644 e. The molecule has 2 aromatic rings. The lowest BCUT2D eigenvalue weighted by molar-refractivity contribution is 0.794. The molecule has 0 aliphatic rings. The maximum atomic E-state index is 5.75. The van der Waals surface area contributed by atoms with Crippen LogP contribution in [-0.4, -0.2) is 6.54 Å². The molecule has 2 rings (SSSR count). The number of benzene rings is 1. The molecule has 3 heteroatoms. The minimum absolute atomic E-state index is 0.207. The Morgan fingerprint density at radius 1 is 1.20 bits per heavy atom. The van der Waals surface area contributed by atoms with Gasteiger partial charge in [0.15, 0.2) is 0 Å². The number of rotatable bonds is 4. The molecule has 15 heavy (non-hydrogen) atoms. The van der Waals surface area contributed by atoms with Crippen LogP contribution in [0.25, 0.3) is 0 Å². The van der Waals surface area contributed by atoms with E-state index in [4.69, 9.17) is 5.73 Å². The quantitative estimate of drug-likeness (QED) is 0.828. The monoisotopic (exact) mass is 218 g/mol. The lowest BCUT2D eigenvalue weighted by Crippen LogP contribution is -2.19. The zero-order valence-corrected chi connectivity index (χ0v) is 9.21. The van der Waals surface area contributed by atoms with Gasteiger partial charge in [0.1, 0.15) is 0 Å². The first-order valence-corrected chi connectivity index (χ1v) is 5.88. The second-order valence-electron chi connectivity index (χ2n) is 3.36. The molecule has 0 fully saturated rings. The fraction of sp³-hybridized carbons (Fsp3) is 0.167. The average Bonchev–Trinajstić information content (AvgIpc) is 2.81. The summed E-state index contributed by atoms with van der Waals surface area (Å²) in [4.78, 5) is 0. The van der Waals surface area contributed by atoms with Gasteiger partial charge < -0.3 is 11.1 Å². The maximum Gasteiger partial charge on any atom is 0.0644 e. The van der Waals surface area contributed by atoms with E-state index in [2.05, 4.69) is 34.3 Å². The normalized spacial score (nSPS) is 12.3. The third-order valence-corrected chi connectivity index (χ3v) is 3.00. The average molecular weight is 218 g/mol. The molecule has 1 unspecified atom stereocenters.